The lowest BCUT2D eigenvalue weighted by atomic mass is 9.88. The Kier molecular flexibility index (Phi) is 7.81. The number of benzene rings is 8. The Morgan fingerprint density at radius 2 is 0.982 bits per heavy atom. The molecule has 11 rings (SSSR count). The molecule has 268 valence electrons. The molecule has 10 aromatic rings. The summed E-state index contributed by atoms with van der Waals surface area (Å²) in [6, 6.07) is 67.9. The van der Waals surface area contributed by atoms with Crippen LogP contribution < -0.4 is 4.74 Å². The van der Waals surface area contributed by atoms with Crippen LogP contribution in [0.15, 0.2) is 194 Å². The molecule has 1 aliphatic heterocycles. The van der Waals surface area contributed by atoms with Crippen molar-refractivity contribution in [1.29, 1.82) is 0 Å². The van der Waals surface area contributed by atoms with Gasteiger partial charge in [-0.25, -0.2) is 15.0 Å². The molecule has 0 unspecified atom stereocenters. The maximum absolute atomic E-state index is 6.42. The predicted octanol–water partition coefficient (Wildman–Crippen LogP) is 12.9. The van der Waals surface area contributed by atoms with Gasteiger partial charge in [-0.1, -0.05) is 152 Å². The Morgan fingerprint density at radius 3 is 1.75 bits per heavy atom. The highest BCUT2D eigenvalue weighted by atomic mass is 16.5. The van der Waals surface area contributed by atoms with Crippen LogP contribution in [0, 0.1) is 0 Å². The first-order chi connectivity index (χ1) is 28.2. The van der Waals surface area contributed by atoms with Gasteiger partial charge in [0.2, 0.25) is 0 Å². The first kappa shape index (κ1) is 32.8. The molecule has 0 bridgehead atoms. The normalized spacial score (nSPS) is 11.9. The Bertz CT molecular complexity index is 3120. The van der Waals surface area contributed by atoms with Gasteiger partial charge in [-0.05, 0) is 75.8 Å². The molecule has 0 saturated heterocycles. The van der Waals surface area contributed by atoms with Crippen molar-refractivity contribution in [2.24, 2.45) is 0 Å². The lowest BCUT2D eigenvalue weighted by Gasteiger charge is -2.24. The van der Waals surface area contributed by atoms with Crippen LogP contribution in [-0.4, -0.2) is 19.5 Å². The second-order valence-corrected chi connectivity index (χ2v) is 14.4. The molecule has 0 spiro atoms. The van der Waals surface area contributed by atoms with Gasteiger partial charge in [0, 0.05) is 38.7 Å². The monoisotopic (exact) mass is 730 g/mol. The van der Waals surface area contributed by atoms with E-state index in [2.05, 4.69) is 168 Å². The van der Waals surface area contributed by atoms with E-state index in [0.717, 1.165) is 44.7 Å². The standard InChI is InChI=1S/C52H34N4O/c1-4-14-34(15-5-1)37-27-29-47-45(31-37)43-23-10-11-25-46(43)56(47)41-22-12-20-38(30-41)51-53-50(36-18-8-3-9-19-36)54-52(55-51)39-26-28-44-48(32-39)57-33-40-21-13-24-42(49(40)44)35-16-6-2-7-17-35/h1-32H,33H2. The smallest absolute Gasteiger partial charge is 0.164 e. The molecule has 0 radical (unpaired) electrons. The Balaban J connectivity index is 1.04. The van der Waals surface area contributed by atoms with Crippen molar-refractivity contribution in [1.82, 2.24) is 19.5 Å². The van der Waals surface area contributed by atoms with E-state index >= 15 is 0 Å². The molecule has 0 saturated carbocycles. The molecule has 0 atom stereocenters. The molecule has 2 aromatic heterocycles. The third kappa shape index (κ3) is 5.76. The predicted molar refractivity (Wildman–Crippen MR) is 231 cm³/mol. The van der Waals surface area contributed by atoms with Gasteiger partial charge in [0.05, 0.1) is 11.0 Å². The minimum Gasteiger partial charge on any atom is -0.488 e. The fraction of sp³-hybridized carbons (Fsp3) is 0.0192. The zero-order valence-corrected chi connectivity index (χ0v) is 30.9. The van der Waals surface area contributed by atoms with E-state index in [1.54, 1.807) is 0 Å². The highest BCUT2D eigenvalue weighted by Crippen LogP contribution is 2.45. The van der Waals surface area contributed by atoms with Crippen LogP contribution >= 0.6 is 0 Å². The highest BCUT2D eigenvalue weighted by molar-refractivity contribution is 6.10. The number of rotatable bonds is 6. The van der Waals surface area contributed by atoms with Gasteiger partial charge in [-0.3, -0.25) is 0 Å². The van der Waals surface area contributed by atoms with Gasteiger partial charge in [0.25, 0.3) is 0 Å². The molecule has 57 heavy (non-hydrogen) atoms. The lowest BCUT2D eigenvalue weighted by molar-refractivity contribution is 0.302. The summed E-state index contributed by atoms with van der Waals surface area (Å²) in [5, 5.41) is 2.41. The number of aromatic nitrogens is 4. The Hall–Kier alpha value is -7.63. The van der Waals surface area contributed by atoms with Crippen LogP contribution in [0.4, 0.5) is 0 Å². The van der Waals surface area contributed by atoms with Crippen molar-refractivity contribution < 1.29 is 4.74 Å². The van der Waals surface area contributed by atoms with Gasteiger partial charge in [-0.2, -0.15) is 0 Å². The molecule has 0 aliphatic carbocycles. The van der Waals surface area contributed by atoms with E-state index in [0.29, 0.717) is 24.1 Å². The fourth-order valence-electron chi connectivity index (χ4n) is 8.24. The minimum absolute atomic E-state index is 0.493. The number of para-hydroxylation sites is 1. The summed E-state index contributed by atoms with van der Waals surface area (Å²) in [6.45, 7) is 0.493. The van der Waals surface area contributed by atoms with Crippen molar-refractivity contribution in [3.05, 3.63) is 200 Å². The molecule has 1 aliphatic rings. The average Bonchev–Trinajstić information content (AvgIpc) is 3.63. The summed E-state index contributed by atoms with van der Waals surface area (Å²) >= 11 is 0. The van der Waals surface area contributed by atoms with Gasteiger partial charge in [0.1, 0.15) is 12.4 Å². The van der Waals surface area contributed by atoms with E-state index in [9.17, 15) is 0 Å². The maximum Gasteiger partial charge on any atom is 0.164 e. The van der Waals surface area contributed by atoms with E-state index in [-0.39, 0.29) is 0 Å². The van der Waals surface area contributed by atoms with Crippen LogP contribution in [0.1, 0.15) is 5.56 Å². The van der Waals surface area contributed by atoms with Crippen molar-refractivity contribution in [3.8, 4) is 79.0 Å². The van der Waals surface area contributed by atoms with Crippen molar-refractivity contribution in [2.45, 2.75) is 6.61 Å². The lowest BCUT2D eigenvalue weighted by Crippen LogP contribution is -2.07. The topological polar surface area (TPSA) is 52.8 Å². The summed E-state index contributed by atoms with van der Waals surface area (Å²) in [5.74, 6) is 2.61. The largest absolute Gasteiger partial charge is 0.488 e. The fourth-order valence-corrected chi connectivity index (χ4v) is 8.24. The number of hydrogen-bond acceptors (Lipinski definition) is 4. The molecule has 5 heteroatoms. The van der Waals surface area contributed by atoms with Gasteiger partial charge in [-0.15, -0.1) is 0 Å². The zero-order valence-electron chi connectivity index (χ0n) is 30.9. The van der Waals surface area contributed by atoms with Crippen molar-refractivity contribution in [3.63, 3.8) is 0 Å². The van der Waals surface area contributed by atoms with Gasteiger partial charge in [0.15, 0.2) is 17.5 Å². The minimum atomic E-state index is 0.493. The van der Waals surface area contributed by atoms with E-state index in [1.165, 1.54) is 44.2 Å². The summed E-state index contributed by atoms with van der Waals surface area (Å²) < 4.78 is 8.76. The van der Waals surface area contributed by atoms with Crippen LogP contribution in [0.5, 0.6) is 5.75 Å². The van der Waals surface area contributed by atoms with E-state index in [1.807, 2.05) is 30.3 Å². The highest BCUT2D eigenvalue weighted by Gasteiger charge is 2.23. The quantitative estimate of drug-likeness (QED) is 0.171. The van der Waals surface area contributed by atoms with Gasteiger partial charge >= 0.3 is 0 Å². The molecule has 3 heterocycles. The number of fused-ring (bicyclic) bond motifs is 6. The Morgan fingerprint density at radius 1 is 0.386 bits per heavy atom. The molecule has 5 nitrogen and oxygen atoms in total. The molecule has 0 N–H and O–H groups in total. The first-order valence-corrected chi connectivity index (χ1v) is 19.2. The Labute approximate surface area is 330 Å². The summed E-state index contributed by atoms with van der Waals surface area (Å²) in [7, 11) is 0. The van der Waals surface area contributed by atoms with Crippen molar-refractivity contribution >= 4 is 21.8 Å². The molecule has 0 fully saturated rings. The zero-order chi connectivity index (χ0) is 37.7. The summed E-state index contributed by atoms with van der Waals surface area (Å²) in [4.78, 5) is 15.3. The van der Waals surface area contributed by atoms with E-state index < -0.39 is 0 Å². The molecule has 8 aromatic carbocycles. The van der Waals surface area contributed by atoms with Crippen LogP contribution in [0.3, 0.4) is 0 Å². The molecular formula is C52H34N4O. The average molecular weight is 731 g/mol. The second-order valence-electron chi connectivity index (χ2n) is 14.4. The number of hydrogen-bond donors (Lipinski definition) is 0. The number of nitrogens with zero attached hydrogens (tertiary/aromatic N) is 4. The third-order valence-electron chi connectivity index (χ3n) is 10.9. The number of ether oxygens (including phenoxy) is 1. The summed E-state index contributed by atoms with van der Waals surface area (Å²) in [5.41, 5.74) is 14.2. The van der Waals surface area contributed by atoms with Crippen LogP contribution in [0.2, 0.25) is 0 Å². The molecule has 0 amide bonds. The SMILES string of the molecule is c1ccc(-c2ccc3c(c2)c2ccccc2n3-c2cccc(-c3nc(-c4ccccc4)nc(-c4ccc5c(c4)OCc4cccc(-c6ccccc6)c4-5)n3)c2)cc1. The van der Waals surface area contributed by atoms with Crippen molar-refractivity contribution in [2.75, 3.05) is 0 Å². The second kappa shape index (κ2) is 13.6. The van der Waals surface area contributed by atoms with E-state index in [4.69, 9.17) is 19.7 Å². The van der Waals surface area contributed by atoms with Crippen LogP contribution in [-0.2, 0) is 6.61 Å². The maximum atomic E-state index is 6.42. The first-order valence-electron chi connectivity index (χ1n) is 19.2. The van der Waals surface area contributed by atoms with Gasteiger partial charge < -0.3 is 9.30 Å². The molecular weight excluding hydrogens is 697 g/mol. The van der Waals surface area contributed by atoms with Crippen LogP contribution in [0.25, 0.3) is 95.0 Å². The third-order valence-corrected chi connectivity index (χ3v) is 10.9. The summed E-state index contributed by atoms with van der Waals surface area (Å²) in [6.07, 6.45) is 0.